The molecule has 2 heterocycles. The molecule has 0 aliphatic carbocycles. The number of fused-ring (bicyclic) bond motifs is 2. The Hall–Kier alpha value is -7.08. The maximum atomic E-state index is 11.3. The minimum atomic E-state index is -0.140. The molecule has 0 radical (unpaired) electrons. The number of carbonyl (C=O) groups excluding carboxylic acids is 2. The van der Waals surface area contributed by atoms with Crippen LogP contribution in [0.15, 0.2) is 119 Å². The molecule has 6 N–H and O–H groups in total. The van der Waals surface area contributed by atoms with Crippen LogP contribution in [0.4, 0.5) is 0 Å². The maximum Gasteiger partial charge on any atom is 0.163 e. The molecule has 2 atom stereocenters. The van der Waals surface area contributed by atoms with Crippen LogP contribution in [-0.2, 0) is 25.7 Å². The summed E-state index contributed by atoms with van der Waals surface area (Å²) in [6.45, 7) is 25.9. The van der Waals surface area contributed by atoms with Crippen LogP contribution in [0.1, 0.15) is 123 Å². The van der Waals surface area contributed by atoms with Crippen molar-refractivity contribution in [3.05, 3.63) is 153 Å². The summed E-state index contributed by atoms with van der Waals surface area (Å²) in [5.74, 6) is 1.76. The smallest absolute Gasteiger partial charge is 0.163 e. The zero-order valence-electron chi connectivity index (χ0n) is 38.5. The molecule has 0 amide bonds. The third kappa shape index (κ3) is 14.5. The Labute approximate surface area is 376 Å². The van der Waals surface area contributed by atoms with Crippen molar-refractivity contribution < 1.29 is 49.9 Å². The number of allylic oxidation sites excluding steroid dienone is 4. The number of ketones is 2. The van der Waals surface area contributed by atoms with E-state index < -0.39 is 0 Å². The molecule has 1 unspecified atom stereocenters. The van der Waals surface area contributed by atoms with Gasteiger partial charge in [0.05, 0.1) is 17.0 Å². The van der Waals surface area contributed by atoms with Gasteiger partial charge in [0.2, 0.25) is 0 Å². The van der Waals surface area contributed by atoms with Crippen LogP contribution in [0.25, 0.3) is 0 Å². The lowest BCUT2D eigenvalue weighted by Gasteiger charge is -2.09. The largest absolute Gasteiger partial charge is 0.508 e. The Kier molecular flexibility index (Phi) is 18.7. The van der Waals surface area contributed by atoms with Gasteiger partial charge in [0, 0.05) is 36.1 Å². The van der Waals surface area contributed by atoms with E-state index in [0.29, 0.717) is 58.9 Å². The Balaban J connectivity index is 0.000000227. The monoisotopic (exact) mass is 874 g/mol. The quantitative estimate of drug-likeness (QED) is 0.0293. The number of Topliss-reactive ketones (excluding diaryl/α,β-unsaturated/α-hetero) is 2. The van der Waals surface area contributed by atoms with E-state index in [4.69, 9.17) is 19.9 Å². The number of nitrogens with zero attached hydrogens (tertiary/aromatic N) is 2. The molecule has 12 nitrogen and oxygen atoms in total. The van der Waals surface area contributed by atoms with Crippen molar-refractivity contribution in [2.24, 2.45) is 10.3 Å². The average molecular weight is 875 g/mol. The lowest BCUT2D eigenvalue weighted by molar-refractivity contribution is 0.100. The van der Waals surface area contributed by atoms with Gasteiger partial charge in [-0.05, 0) is 170 Å². The lowest BCUT2D eigenvalue weighted by atomic mass is 10.0. The molecule has 0 saturated heterocycles. The summed E-state index contributed by atoms with van der Waals surface area (Å²) in [4.78, 5) is 22.4. The van der Waals surface area contributed by atoms with Crippen molar-refractivity contribution in [3.63, 3.8) is 0 Å². The third-order valence-corrected chi connectivity index (χ3v) is 10.3. The third-order valence-electron chi connectivity index (χ3n) is 10.3. The number of carbonyl (C=O) groups is 2. The Morgan fingerprint density at radius 1 is 0.562 bits per heavy atom. The van der Waals surface area contributed by atoms with Crippen molar-refractivity contribution in [3.8, 4) is 34.5 Å². The Morgan fingerprint density at radius 2 is 0.969 bits per heavy atom. The number of hydrogen-bond donors (Lipinski definition) is 6. The van der Waals surface area contributed by atoms with Gasteiger partial charge in [0.15, 0.2) is 11.6 Å². The summed E-state index contributed by atoms with van der Waals surface area (Å²) in [6.07, 6.45) is 6.78. The molecule has 340 valence electrons. The number of hydrogen-bond acceptors (Lipinski definition) is 12. The summed E-state index contributed by atoms with van der Waals surface area (Å²) in [5.41, 5.74) is 11.1. The van der Waals surface area contributed by atoms with Crippen molar-refractivity contribution >= 4 is 23.0 Å². The van der Waals surface area contributed by atoms with Gasteiger partial charge in [0.25, 0.3) is 0 Å². The van der Waals surface area contributed by atoms with Gasteiger partial charge in [0.1, 0.15) is 46.7 Å². The topological polar surface area (TPSA) is 199 Å². The molecule has 0 bridgehead atoms. The van der Waals surface area contributed by atoms with Crippen LogP contribution < -0.4 is 9.47 Å². The number of aromatic hydroxyl groups is 4. The molecular weight excluding hydrogens is 813 g/mol. The number of ether oxygens (including phenoxy) is 2. The van der Waals surface area contributed by atoms with E-state index in [9.17, 15) is 30.0 Å². The zero-order valence-corrected chi connectivity index (χ0v) is 38.5. The predicted molar refractivity (Wildman–Crippen MR) is 253 cm³/mol. The fourth-order valence-corrected chi connectivity index (χ4v) is 6.36. The summed E-state index contributed by atoms with van der Waals surface area (Å²) in [5, 5.41) is 62.4. The SMILES string of the molecule is C=C(C)C1Cc2cc(/C(C)=N/O)c(O)cc2O1.C=C(C)[C@@H]1Cc2cc(C(C)=O)c(O)cc2O1.CC(=O)c1ccc(O)c(CC=C(C)C)c1.CC(C)=CCc1cc(/C(C)=N/O)ccc1O. The highest BCUT2D eigenvalue weighted by Gasteiger charge is 2.27. The van der Waals surface area contributed by atoms with Gasteiger partial charge in [-0.15, -0.1) is 0 Å². The standard InChI is InChI=1S/C13H15NO3.C13H17NO2.C13H14O3.C13H16O2/c1-7(2)12-5-9-4-10(8(3)14-16)11(15)6-13(9)17-12;1-9(2)4-5-12-8-11(10(3)14-16)6-7-13(12)15;1-7(2)12-5-9-4-10(8(3)14)11(15)6-13(9)16-12;1-9(2)4-5-12-8-11(10(3)14)6-7-13(12)15/h4,6,12,15-16H,1,5H2,2-3H3;4,6-8,15-16H,5H2,1-3H3;4,6,12,15H,1,5H2,2-3H3;4,6-8,15H,5H2,1-3H3/b14-8+;14-10+;;/t;;12-;/m..0./s1. The first-order chi connectivity index (χ1) is 30.1. The maximum absolute atomic E-state index is 11.3. The summed E-state index contributed by atoms with van der Waals surface area (Å²) < 4.78 is 11.3. The highest BCUT2D eigenvalue weighted by atomic mass is 16.5. The number of rotatable bonds is 10. The first-order valence-electron chi connectivity index (χ1n) is 20.7. The minimum Gasteiger partial charge on any atom is -0.508 e. The molecule has 0 spiro atoms. The van der Waals surface area contributed by atoms with Gasteiger partial charge in [-0.3, -0.25) is 9.59 Å². The molecule has 0 fully saturated rings. The highest BCUT2D eigenvalue weighted by molar-refractivity contribution is 6.01. The van der Waals surface area contributed by atoms with Crippen LogP contribution in [0.2, 0.25) is 0 Å². The van der Waals surface area contributed by atoms with Crippen LogP contribution in [0.5, 0.6) is 34.5 Å². The van der Waals surface area contributed by atoms with Crippen LogP contribution in [0, 0.1) is 0 Å². The number of oxime groups is 2. The van der Waals surface area contributed by atoms with Crippen molar-refractivity contribution in [2.75, 3.05) is 0 Å². The van der Waals surface area contributed by atoms with E-state index in [1.54, 1.807) is 62.4 Å². The van der Waals surface area contributed by atoms with E-state index in [2.05, 4.69) is 23.5 Å². The first kappa shape index (κ1) is 51.3. The predicted octanol–water partition coefficient (Wildman–Crippen LogP) is 11.1. The molecule has 4 aromatic carbocycles. The molecule has 12 heteroatoms. The van der Waals surface area contributed by atoms with E-state index in [1.807, 2.05) is 59.8 Å². The number of phenols is 4. The Bertz CT molecular complexity index is 2500. The van der Waals surface area contributed by atoms with Gasteiger partial charge < -0.3 is 40.3 Å². The van der Waals surface area contributed by atoms with Crippen LogP contribution in [-0.4, -0.2) is 66.0 Å². The molecule has 2 aliphatic heterocycles. The summed E-state index contributed by atoms with van der Waals surface area (Å²) >= 11 is 0. The second kappa shape index (κ2) is 23.4. The zero-order chi connectivity index (χ0) is 48.0. The van der Waals surface area contributed by atoms with E-state index in [0.717, 1.165) is 45.4 Å². The van der Waals surface area contributed by atoms with Gasteiger partial charge in [-0.25, -0.2) is 0 Å². The molecule has 4 aromatic rings. The summed E-state index contributed by atoms with van der Waals surface area (Å²) in [6, 6.07) is 16.7. The molecule has 2 aliphatic rings. The fourth-order valence-electron chi connectivity index (χ4n) is 6.36. The molecule has 0 aromatic heterocycles. The lowest BCUT2D eigenvalue weighted by Crippen LogP contribution is -2.13. The molecule has 0 saturated carbocycles. The average Bonchev–Trinajstić information content (AvgIpc) is 3.86. The normalized spacial score (nSPS) is 14.5. The van der Waals surface area contributed by atoms with Crippen LogP contribution in [0.3, 0.4) is 0 Å². The Morgan fingerprint density at radius 3 is 1.36 bits per heavy atom. The summed E-state index contributed by atoms with van der Waals surface area (Å²) in [7, 11) is 0. The van der Waals surface area contributed by atoms with Gasteiger partial charge in [-0.1, -0.05) is 46.8 Å². The van der Waals surface area contributed by atoms with E-state index >= 15 is 0 Å². The van der Waals surface area contributed by atoms with Crippen LogP contribution >= 0.6 is 0 Å². The molecular formula is C52H62N2O10. The molecule has 64 heavy (non-hydrogen) atoms. The highest BCUT2D eigenvalue weighted by Crippen LogP contribution is 2.37. The van der Waals surface area contributed by atoms with Gasteiger partial charge >= 0.3 is 0 Å². The van der Waals surface area contributed by atoms with E-state index in [1.165, 1.54) is 31.1 Å². The van der Waals surface area contributed by atoms with Crippen molar-refractivity contribution in [1.82, 2.24) is 0 Å². The molecule has 6 rings (SSSR count). The second-order valence-electron chi connectivity index (χ2n) is 16.4. The number of phenolic OH excluding ortho intramolecular Hbond substituents is 4. The second-order valence-corrected chi connectivity index (χ2v) is 16.4. The first-order valence-corrected chi connectivity index (χ1v) is 20.7. The van der Waals surface area contributed by atoms with Crippen molar-refractivity contribution in [1.29, 1.82) is 0 Å². The minimum absolute atomic E-state index is 0.0198. The number of benzene rings is 4. The van der Waals surface area contributed by atoms with Crippen molar-refractivity contribution in [2.45, 2.75) is 107 Å². The van der Waals surface area contributed by atoms with E-state index in [-0.39, 0.29) is 46.8 Å². The fraction of sp³-hybridized carbons (Fsp3) is 0.308. The van der Waals surface area contributed by atoms with Gasteiger partial charge in [-0.2, -0.15) is 0 Å².